The second kappa shape index (κ2) is 12.9. The van der Waals surface area contributed by atoms with Crippen molar-refractivity contribution in [1.82, 2.24) is 20.9 Å². The first-order chi connectivity index (χ1) is 18.5. The van der Waals surface area contributed by atoms with E-state index in [1.807, 2.05) is 24.3 Å². The number of para-hydroxylation sites is 1. The topological polar surface area (TPSA) is 187 Å². The molecule has 0 saturated carbocycles. The van der Waals surface area contributed by atoms with E-state index in [0.717, 1.165) is 16.5 Å². The van der Waals surface area contributed by atoms with Crippen molar-refractivity contribution in [1.29, 1.82) is 0 Å². The molecule has 4 unspecified atom stereocenters. The molecule has 0 fully saturated rings. The summed E-state index contributed by atoms with van der Waals surface area (Å²) in [5.41, 5.74) is 8.24. The average molecular weight is 538 g/mol. The quantitative estimate of drug-likeness (QED) is 0.181. The first-order valence-corrected chi connectivity index (χ1v) is 12.7. The lowest BCUT2D eigenvalue weighted by Crippen LogP contribution is -2.58. The zero-order chi connectivity index (χ0) is 28.7. The highest BCUT2D eigenvalue weighted by Crippen LogP contribution is 2.19. The van der Waals surface area contributed by atoms with Crippen LogP contribution >= 0.6 is 0 Å². The van der Waals surface area contributed by atoms with Crippen LogP contribution in [0.15, 0.2) is 54.7 Å². The molecule has 11 nitrogen and oxygen atoms in total. The van der Waals surface area contributed by atoms with Crippen molar-refractivity contribution in [3.05, 3.63) is 65.9 Å². The molecule has 4 atom stereocenters. The van der Waals surface area contributed by atoms with Gasteiger partial charge in [0.15, 0.2) is 0 Å². The van der Waals surface area contributed by atoms with Crippen molar-refractivity contribution in [2.75, 3.05) is 0 Å². The first-order valence-electron chi connectivity index (χ1n) is 12.7. The number of rotatable bonds is 12. The Bertz CT molecular complexity index is 1320. The molecule has 1 aromatic heterocycles. The van der Waals surface area contributed by atoms with Gasteiger partial charge < -0.3 is 36.9 Å². The van der Waals surface area contributed by atoms with E-state index >= 15 is 0 Å². The molecule has 0 spiro atoms. The number of carbonyl (C=O) groups excluding carboxylic acids is 3. The van der Waals surface area contributed by atoms with Gasteiger partial charge in [0, 0.05) is 29.9 Å². The fraction of sp³-hybridized carbons (Fsp3) is 0.357. The van der Waals surface area contributed by atoms with Crippen LogP contribution in [0.4, 0.5) is 0 Å². The summed E-state index contributed by atoms with van der Waals surface area (Å²) in [7, 11) is 0. The van der Waals surface area contributed by atoms with Gasteiger partial charge in [-0.1, -0.05) is 44.2 Å². The average Bonchev–Trinajstić information content (AvgIpc) is 3.31. The van der Waals surface area contributed by atoms with E-state index < -0.39 is 47.9 Å². The smallest absolute Gasteiger partial charge is 0.325 e. The molecule has 0 aliphatic carbocycles. The minimum Gasteiger partial charge on any atom is -0.508 e. The number of aliphatic carboxylic acids is 1. The number of hydrogen-bond acceptors (Lipinski definition) is 6. The van der Waals surface area contributed by atoms with Gasteiger partial charge in [0.1, 0.15) is 23.9 Å². The van der Waals surface area contributed by atoms with E-state index in [0.29, 0.717) is 5.56 Å². The fourth-order valence-electron chi connectivity index (χ4n) is 4.03. The molecule has 3 amide bonds. The van der Waals surface area contributed by atoms with E-state index in [-0.39, 0.29) is 24.5 Å². The van der Waals surface area contributed by atoms with Crippen LogP contribution in [-0.2, 0) is 32.0 Å². The van der Waals surface area contributed by atoms with E-state index in [4.69, 9.17) is 5.73 Å². The van der Waals surface area contributed by atoms with Crippen LogP contribution in [0.3, 0.4) is 0 Å². The van der Waals surface area contributed by atoms with Gasteiger partial charge in [0.2, 0.25) is 17.7 Å². The molecule has 11 heteroatoms. The molecule has 0 aliphatic rings. The second-order valence-corrected chi connectivity index (χ2v) is 9.89. The van der Waals surface area contributed by atoms with Crippen molar-refractivity contribution in [2.24, 2.45) is 11.7 Å². The van der Waals surface area contributed by atoms with Crippen molar-refractivity contribution in [3.63, 3.8) is 0 Å². The van der Waals surface area contributed by atoms with Crippen LogP contribution in [0, 0.1) is 5.92 Å². The van der Waals surface area contributed by atoms with Crippen LogP contribution in [0.2, 0.25) is 0 Å². The van der Waals surface area contributed by atoms with E-state index in [9.17, 15) is 29.4 Å². The highest BCUT2D eigenvalue weighted by Gasteiger charge is 2.30. The molecule has 0 saturated heterocycles. The number of aromatic amines is 1. The van der Waals surface area contributed by atoms with Gasteiger partial charge in [0.25, 0.3) is 0 Å². The molecule has 0 aliphatic heterocycles. The summed E-state index contributed by atoms with van der Waals surface area (Å²) in [5.74, 6) is -3.21. The summed E-state index contributed by atoms with van der Waals surface area (Å²) < 4.78 is 0. The lowest BCUT2D eigenvalue weighted by Gasteiger charge is -2.25. The Balaban J connectivity index is 1.88. The van der Waals surface area contributed by atoms with Gasteiger partial charge >= 0.3 is 5.97 Å². The third-order valence-electron chi connectivity index (χ3n) is 6.49. The number of phenols is 1. The number of nitrogens with two attached hydrogens (primary N) is 1. The number of aromatic nitrogens is 1. The zero-order valence-corrected chi connectivity index (χ0v) is 22.1. The molecule has 0 radical (unpaired) electrons. The summed E-state index contributed by atoms with van der Waals surface area (Å²) in [6.07, 6.45) is 1.87. The number of aromatic hydroxyl groups is 1. The number of phenolic OH excluding ortho intramolecular Hbond substituents is 1. The first kappa shape index (κ1) is 29.2. The van der Waals surface area contributed by atoms with Crippen LogP contribution in [-0.4, -0.2) is 63.1 Å². The van der Waals surface area contributed by atoms with E-state index in [2.05, 4.69) is 20.9 Å². The molecule has 208 valence electrons. The third kappa shape index (κ3) is 7.81. The number of nitrogens with one attached hydrogen (secondary N) is 4. The van der Waals surface area contributed by atoms with Crippen LogP contribution in [0.5, 0.6) is 5.75 Å². The highest BCUT2D eigenvalue weighted by molar-refractivity contribution is 5.95. The van der Waals surface area contributed by atoms with Crippen molar-refractivity contribution < 1.29 is 29.4 Å². The monoisotopic (exact) mass is 537 g/mol. The third-order valence-corrected chi connectivity index (χ3v) is 6.49. The molecule has 3 aromatic rings. The zero-order valence-electron chi connectivity index (χ0n) is 22.1. The molecule has 1 heterocycles. The van der Waals surface area contributed by atoms with Crippen LogP contribution in [0.1, 0.15) is 31.9 Å². The van der Waals surface area contributed by atoms with Gasteiger partial charge in [-0.2, -0.15) is 0 Å². The molecular weight excluding hydrogens is 502 g/mol. The summed E-state index contributed by atoms with van der Waals surface area (Å²) >= 11 is 0. The standard InChI is InChI=1S/C28H35N5O6/c1-15(2)24(29)27(37)33-22(12-17-8-10-19(34)11-9-17)26(36)32-23(25(35)31-16(3)28(38)39)13-18-14-30-21-7-5-4-6-20(18)21/h4-11,14-16,22-24,30,34H,12-13,29H2,1-3H3,(H,31,35)(H,32,36)(H,33,37)(H,38,39). The van der Waals surface area contributed by atoms with Gasteiger partial charge in [-0.3, -0.25) is 19.2 Å². The lowest BCUT2D eigenvalue weighted by molar-refractivity contribution is -0.141. The summed E-state index contributed by atoms with van der Waals surface area (Å²) in [6.45, 7) is 4.89. The predicted molar refractivity (Wildman–Crippen MR) is 146 cm³/mol. The van der Waals surface area contributed by atoms with Crippen molar-refractivity contribution >= 4 is 34.6 Å². The number of carboxylic acids is 1. The predicted octanol–water partition coefficient (Wildman–Crippen LogP) is 1.20. The largest absolute Gasteiger partial charge is 0.508 e. The number of amides is 3. The normalized spacial score (nSPS) is 14.3. The molecule has 0 bridgehead atoms. The second-order valence-electron chi connectivity index (χ2n) is 9.89. The summed E-state index contributed by atoms with van der Waals surface area (Å²) in [4.78, 5) is 54.0. The number of carboxylic acid groups (broad SMARTS) is 1. The summed E-state index contributed by atoms with van der Waals surface area (Å²) in [6, 6.07) is 9.35. The minimum absolute atomic E-state index is 0.0497. The molecular formula is C28H35N5O6. The maximum atomic E-state index is 13.5. The minimum atomic E-state index is -1.22. The Morgan fingerprint density at radius 3 is 2.08 bits per heavy atom. The number of carbonyl (C=O) groups is 4. The van der Waals surface area contributed by atoms with E-state index in [1.165, 1.54) is 19.1 Å². The Morgan fingerprint density at radius 2 is 1.44 bits per heavy atom. The number of hydrogen-bond donors (Lipinski definition) is 7. The van der Waals surface area contributed by atoms with E-state index in [1.54, 1.807) is 32.2 Å². The maximum Gasteiger partial charge on any atom is 0.325 e. The Morgan fingerprint density at radius 1 is 0.846 bits per heavy atom. The highest BCUT2D eigenvalue weighted by atomic mass is 16.4. The number of fused-ring (bicyclic) bond motifs is 1. The molecule has 3 rings (SSSR count). The van der Waals surface area contributed by atoms with Gasteiger partial charge in [-0.25, -0.2) is 0 Å². The molecule has 39 heavy (non-hydrogen) atoms. The molecule has 2 aromatic carbocycles. The maximum absolute atomic E-state index is 13.5. The van der Waals surface area contributed by atoms with Crippen LogP contribution in [0.25, 0.3) is 10.9 Å². The van der Waals surface area contributed by atoms with Crippen LogP contribution < -0.4 is 21.7 Å². The molecule has 8 N–H and O–H groups in total. The van der Waals surface area contributed by atoms with Crippen molar-refractivity contribution in [3.8, 4) is 5.75 Å². The SMILES string of the molecule is CC(NC(=O)C(Cc1c[nH]c2ccccc12)NC(=O)C(Cc1ccc(O)cc1)NC(=O)C(N)C(C)C)C(=O)O. The fourth-order valence-corrected chi connectivity index (χ4v) is 4.03. The van der Waals surface area contributed by atoms with Gasteiger partial charge in [-0.05, 0) is 42.2 Å². The van der Waals surface area contributed by atoms with Gasteiger partial charge in [-0.15, -0.1) is 0 Å². The Labute approximate surface area is 226 Å². The van der Waals surface area contributed by atoms with Gasteiger partial charge in [0.05, 0.1) is 6.04 Å². The Kier molecular flexibility index (Phi) is 9.67. The number of H-pyrrole nitrogens is 1. The summed E-state index contributed by atoms with van der Waals surface area (Å²) in [5, 5.41) is 27.5. The van der Waals surface area contributed by atoms with Crippen molar-refractivity contribution in [2.45, 2.75) is 57.8 Å². The number of benzene rings is 2. The Hall–Kier alpha value is -4.38. The lowest BCUT2D eigenvalue weighted by atomic mass is 10.00.